The molecule has 1 aliphatic carbocycles. The molecule has 3 amide bonds. The summed E-state index contributed by atoms with van der Waals surface area (Å²) in [6.45, 7) is 3.74. The Morgan fingerprint density at radius 3 is 2.43 bits per heavy atom. The van der Waals surface area contributed by atoms with E-state index in [4.69, 9.17) is 10.3 Å². The smallest absolute Gasteiger partial charge is 0.325 e. The number of nitrogens with zero attached hydrogens (tertiary/aromatic N) is 3. The van der Waals surface area contributed by atoms with Crippen molar-refractivity contribution in [3.8, 4) is 0 Å². The van der Waals surface area contributed by atoms with E-state index in [-0.39, 0.29) is 30.7 Å². The average molecular weight is 344 g/mol. The summed E-state index contributed by atoms with van der Waals surface area (Å²) in [7, 11) is 0. The van der Waals surface area contributed by atoms with Gasteiger partial charge < -0.3 is 15.6 Å². The second-order valence-electron chi connectivity index (χ2n) is 6.13. The van der Waals surface area contributed by atoms with Crippen molar-refractivity contribution < 1.29 is 14.1 Å². The number of urea groups is 1. The number of hydrogen-bond donors (Lipinski definition) is 2. The first-order chi connectivity index (χ1) is 10.4. The SMILES string of the molecule is CCC1(CC)NC(=O)N(Cc2nc(C3(N)CCC3)no2)C1=O.Cl. The van der Waals surface area contributed by atoms with Gasteiger partial charge in [-0.1, -0.05) is 19.0 Å². The lowest BCUT2D eigenvalue weighted by Gasteiger charge is -2.34. The summed E-state index contributed by atoms with van der Waals surface area (Å²) < 4.78 is 5.17. The van der Waals surface area contributed by atoms with Gasteiger partial charge in [-0.2, -0.15) is 4.98 Å². The molecule has 0 unspecified atom stereocenters. The summed E-state index contributed by atoms with van der Waals surface area (Å²) in [6, 6.07) is -0.417. The van der Waals surface area contributed by atoms with E-state index in [0.29, 0.717) is 18.7 Å². The summed E-state index contributed by atoms with van der Waals surface area (Å²) in [5, 5.41) is 6.67. The van der Waals surface area contributed by atoms with E-state index in [1.165, 1.54) is 0 Å². The first kappa shape index (κ1) is 17.7. The van der Waals surface area contributed by atoms with Crippen LogP contribution < -0.4 is 11.1 Å². The van der Waals surface area contributed by atoms with Crippen LogP contribution in [0.25, 0.3) is 0 Å². The van der Waals surface area contributed by atoms with Gasteiger partial charge in [-0.3, -0.25) is 9.69 Å². The van der Waals surface area contributed by atoms with E-state index in [2.05, 4.69) is 15.5 Å². The zero-order valence-electron chi connectivity index (χ0n) is 13.3. The van der Waals surface area contributed by atoms with E-state index in [0.717, 1.165) is 24.2 Å². The first-order valence-corrected chi connectivity index (χ1v) is 7.70. The van der Waals surface area contributed by atoms with Crippen LogP contribution in [0.2, 0.25) is 0 Å². The maximum Gasteiger partial charge on any atom is 0.325 e. The monoisotopic (exact) mass is 343 g/mol. The van der Waals surface area contributed by atoms with Crippen molar-refractivity contribution in [2.45, 2.75) is 63.6 Å². The van der Waals surface area contributed by atoms with Crippen molar-refractivity contribution in [3.63, 3.8) is 0 Å². The van der Waals surface area contributed by atoms with Crippen LogP contribution in [0, 0.1) is 0 Å². The Bertz CT molecular complexity index is 609. The minimum atomic E-state index is -0.816. The van der Waals surface area contributed by atoms with E-state index >= 15 is 0 Å². The molecule has 1 saturated heterocycles. The summed E-state index contributed by atoms with van der Waals surface area (Å²) in [5.41, 5.74) is 4.81. The third kappa shape index (κ3) is 2.70. The van der Waals surface area contributed by atoms with E-state index in [1.807, 2.05) is 13.8 Å². The molecule has 1 aromatic rings. The van der Waals surface area contributed by atoms with Crippen molar-refractivity contribution in [2.75, 3.05) is 0 Å². The van der Waals surface area contributed by atoms with Gasteiger partial charge in [0.05, 0.1) is 5.54 Å². The molecule has 0 atom stereocenters. The van der Waals surface area contributed by atoms with Crippen LogP contribution in [0.5, 0.6) is 0 Å². The quantitative estimate of drug-likeness (QED) is 0.782. The van der Waals surface area contributed by atoms with Crippen LogP contribution in [0.3, 0.4) is 0 Å². The van der Waals surface area contributed by atoms with Crippen LogP contribution in [0.1, 0.15) is 57.7 Å². The molecule has 0 spiro atoms. The van der Waals surface area contributed by atoms with Crippen LogP contribution in [-0.4, -0.2) is 32.5 Å². The lowest BCUT2D eigenvalue weighted by atomic mass is 9.77. The molecule has 3 rings (SSSR count). The number of imide groups is 1. The number of amides is 3. The predicted molar refractivity (Wildman–Crippen MR) is 83.7 cm³/mol. The fourth-order valence-corrected chi connectivity index (χ4v) is 2.99. The molecule has 1 aromatic heterocycles. The van der Waals surface area contributed by atoms with Gasteiger partial charge in [-0.05, 0) is 32.1 Å². The largest absolute Gasteiger partial charge is 0.337 e. The van der Waals surface area contributed by atoms with Gasteiger partial charge in [0.2, 0.25) is 5.89 Å². The third-order valence-electron chi connectivity index (χ3n) is 4.91. The van der Waals surface area contributed by atoms with Crippen molar-refractivity contribution >= 4 is 24.3 Å². The third-order valence-corrected chi connectivity index (χ3v) is 4.91. The van der Waals surface area contributed by atoms with Crippen LogP contribution in [0.15, 0.2) is 4.52 Å². The van der Waals surface area contributed by atoms with Crippen molar-refractivity contribution in [3.05, 3.63) is 11.7 Å². The molecule has 128 valence electrons. The maximum absolute atomic E-state index is 12.5. The second-order valence-corrected chi connectivity index (χ2v) is 6.13. The highest BCUT2D eigenvalue weighted by atomic mass is 35.5. The molecule has 23 heavy (non-hydrogen) atoms. The number of hydrogen-bond acceptors (Lipinski definition) is 6. The fourth-order valence-electron chi connectivity index (χ4n) is 2.99. The molecule has 2 aliphatic rings. The highest BCUT2D eigenvalue weighted by Crippen LogP contribution is 2.37. The Labute approximate surface area is 140 Å². The Balaban J connectivity index is 0.00000192. The van der Waals surface area contributed by atoms with E-state index in [9.17, 15) is 9.59 Å². The molecular formula is C14H22ClN5O3. The summed E-state index contributed by atoms with van der Waals surface area (Å²) in [5.74, 6) is 0.449. The summed E-state index contributed by atoms with van der Waals surface area (Å²) >= 11 is 0. The van der Waals surface area contributed by atoms with Crippen molar-refractivity contribution in [1.82, 2.24) is 20.4 Å². The molecule has 0 aromatic carbocycles. The Kier molecular flexibility index (Phi) is 4.68. The number of aromatic nitrogens is 2. The molecule has 8 nitrogen and oxygen atoms in total. The summed E-state index contributed by atoms with van der Waals surface area (Å²) in [6.07, 6.45) is 3.79. The van der Waals surface area contributed by atoms with Gasteiger partial charge in [0.1, 0.15) is 12.1 Å². The van der Waals surface area contributed by atoms with Gasteiger partial charge in [-0.15, -0.1) is 12.4 Å². The van der Waals surface area contributed by atoms with Crippen LogP contribution in [0.4, 0.5) is 4.79 Å². The number of nitrogens with one attached hydrogen (secondary N) is 1. The topological polar surface area (TPSA) is 114 Å². The van der Waals surface area contributed by atoms with Crippen LogP contribution >= 0.6 is 12.4 Å². The van der Waals surface area contributed by atoms with Gasteiger partial charge in [0.25, 0.3) is 5.91 Å². The predicted octanol–water partition coefficient (Wildman–Crippen LogP) is 1.44. The second kappa shape index (κ2) is 6.09. The van der Waals surface area contributed by atoms with Gasteiger partial charge in [-0.25, -0.2) is 4.79 Å². The van der Waals surface area contributed by atoms with Crippen molar-refractivity contribution in [2.24, 2.45) is 5.73 Å². The normalized spacial score (nSPS) is 21.6. The standard InChI is InChI=1S/C14H21N5O3.ClH/c1-3-14(4-2)11(20)19(12(21)17-14)8-9-16-10(18-22-9)13(15)6-5-7-13;/h3-8,15H2,1-2H3,(H,17,21);1H. The first-order valence-electron chi connectivity index (χ1n) is 7.70. The fraction of sp³-hybridized carbons (Fsp3) is 0.714. The highest BCUT2D eigenvalue weighted by molar-refractivity contribution is 6.06. The summed E-state index contributed by atoms with van der Waals surface area (Å²) in [4.78, 5) is 30.0. The average Bonchev–Trinajstić information content (AvgIpc) is 3.04. The zero-order chi connectivity index (χ0) is 16.0. The van der Waals surface area contributed by atoms with Crippen LogP contribution in [-0.2, 0) is 16.9 Å². The Morgan fingerprint density at radius 2 is 1.96 bits per heavy atom. The molecule has 0 bridgehead atoms. The molecular weight excluding hydrogens is 322 g/mol. The van der Waals surface area contributed by atoms with E-state index in [1.54, 1.807) is 0 Å². The maximum atomic E-state index is 12.5. The lowest BCUT2D eigenvalue weighted by molar-refractivity contribution is -0.132. The number of rotatable bonds is 5. The minimum absolute atomic E-state index is 0. The Morgan fingerprint density at radius 1 is 1.30 bits per heavy atom. The van der Waals surface area contributed by atoms with Crippen molar-refractivity contribution in [1.29, 1.82) is 0 Å². The Hall–Kier alpha value is -1.67. The van der Waals surface area contributed by atoms with Gasteiger partial charge >= 0.3 is 6.03 Å². The van der Waals surface area contributed by atoms with Gasteiger partial charge in [0, 0.05) is 0 Å². The lowest BCUT2D eigenvalue weighted by Crippen LogP contribution is -2.45. The number of carbonyl (C=O) groups excluding carboxylic acids is 2. The highest BCUT2D eigenvalue weighted by Gasteiger charge is 2.49. The number of nitrogens with two attached hydrogens (primary N) is 1. The minimum Gasteiger partial charge on any atom is -0.337 e. The molecule has 2 fully saturated rings. The molecule has 1 aliphatic heterocycles. The number of halogens is 1. The number of carbonyl (C=O) groups is 2. The molecule has 0 radical (unpaired) electrons. The zero-order valence-corrected chi connectivity index (χ0v) is 14.1. The molecule has 9 heteroatoms. The van der Waals surface area contributed by atoms with E-state index < -0.39 is 17.1 Å². The molecule has 3 N–H and O–H groups in total. The molecule has 1 saturated carbocycles. The molecule has 2 heterocycles. The van der Waals surface area contributed by atoms with Gasteiger partial charge in [0.15, 0.2) is 5.82 Å².